The lowest BCUT2D eigenvalue weighted by Crippen LogP contribution is -2.31. The fourth-order valence-electron chi connectivity index (χ4n) is 1.95. The summed E-state index contributed by atoms with van der Waals surface area (Å²) < 4.78 is 4.97. The highest BCUT2D eigenvalue weighted by Gasteiger charge is 2.14. The van der Waals surface area contributed by atoms with Crippen molar-refractivity contribution in [2.45, 2.75) is 13.0 Å². The fraction of sp³-hybridized carbons (Fsp3) is 0.176. The summed E-state index contributed by atoms with van der Waals surface area (Å²) in [6.45, 7) is 1.49. The molecule has 2 aromatic rings. The van der Waals surface area contributed by atoms with E-state index in [-0.39, 0.29) is 29.1 Å². The average molecular weight is 352 g/mol. The Balaban J connectivity index is 1.86. The van der Waals surface area contributed by atoms with E-state index >= 15 is 0 Å². The van der Waals surface area contributed by atoms with E-state index in [4.69, 9.17) is 27.9 Å². The Morgan fingerprint density at radius 1 is 1.09 bits per heavy atom. The first-order chi connectivity index (χ1) is 11.0. The normalized spacial score (nSPS) is 11.6. The number of esters is 1. The van der Waals surface area contributed by atoms with E-state index in [9.17, 15) is 9.59 Å². The standard InChI is InChI=1S/C17H15Cl2NO3/c1-11(12-5-3-2-4-6-12)20-16(21)10-23-17(22)13-7-8-14(18)15(19)9-13/h2-9,11H,10H2,1H3,(H,20,21)/t11-/m1/s1. The molecule has 0 unspecified atom stereocenters. The summed E-state index contributed by atoms with van der Waals surface area (Å²) in [6.07, 6.45) is 0. The first kappa shape index (κ1) is 17.3. The molecule has 0 aliphatic heterocycles. The molecule has 1 amide bonds. The highest BCUT2D eigenvalue weighted by atomic mass is 35.5. The summed E-state index contributed by atoms with van der Waals surface area (Å²) in [4.78, 5) is 23.7. The number of carbonyl (C=O) groups is 2. The van der Waals surface area contributed by atoms with E-state index in [1.54, 1.807) is 0 Å². The van der Waals surface area contributed by atoms with E-state index in [0.29, 0.717) is 5.02 Å². The lowest BCUT2D eigenvalue weighted by molar-refractivity contribution is -0.124. The molecule has 0 saturated heterocycles. The Bertz CT molecular complexity index is 704. The molecule has 0 spiro atoms. The Hall–Kier alpha value is -2.04. The van der Waals surface area contributed by atoms with Crippen molar-refractivity contribution in [2.75, 3.05) is 6.61 Å². The van der Waals surface area contributed by atoms with Gasteiger partial charge in [0.2, 0.25) is 0 Å². The van der Waals surface area contributed by atoms with Crippen molar-refractivity contribution in [2.24, 2.45) is 0 Å². The summed E-state index contributed by atoms with van der Waals surface area (Å²) in [7, 11) is 0. The van der Waals surface area contributed by atoms with Gasteiger partial charge in [-0.15, -0.1) is 0 Å². The molecule has 1 atom stereocenters. The lowest BCUT2D eigenvalue weighted by Gasteiger charge is -2.14. The van der Waals surface area contributed by atoms with Crippen molar-refractivity contribution in [3.8, 4) is 0 Å². The Morgan fingerprint density at radius 2 is 1.78 bits per heavy atom. The maximum atomic E-state index is 11.9. The number of benzene rings is 2. The van der Waals surface area contributed by atoms with Gasteiger partial charge >= 0.3 is 5.97 Å². The Labute approximate surface area is 144 Å². The van der Waals surface area contributed by atoms with Gasteiger partial charge in [0.05, 0.1) is 21.7 Å². The van der Waals surface area contributed by atoms with Gasteiger partial charge in [0.25, 0.3) is 5.91 Å². The molecular formula is C17H15Cl2NO3. The van der Waals surface area contributed by atoms with Crippen LogP contribution in [-0.4, -0.2) is 18.5 Å². The Morgan fingerprint density at radius 3 is 2.43 bits per heavy atom. The summed E-state index contributed by atoms with van der Waals surface area (Å²) in [5, 5.41) is 3.36. The van der Waals surface area contributed by atoms with Gasteiger partial charge in [0.15, 0.2) is 6.61 Å². The molecular weight excluding hydrogens is 337 g/mol. The van der Waals surface area contributed by atoms with Crippen LogP contribution in [0, 0.1) is 0 Å². The molecule has 0 aliphatic rings. The predicted octanol–water partition coefficient (Wildman–Crippen LogP) is 4.03. The van der Waals surface area contributed by atoms with Crippen LogP contribution in [0.3, 0.4) is 0 Å². The van der Waals surface area contributed by atoms with Gasteiger partial charge < -0.3 is 10.1 Å². The van der Waals surface area contributed by atoms with Crippen molar-refractivity contribution in [1.82, 2.24) is 5.32 Å². The first-order valence-corrected chi connectivity index (χ1v) is 7.69. The molecule has 0 saturated carbocycles. The van der Waals surface area contributed by atoms with Gasteiger partial charge in [-0.05, 0) is 30.7 Å². The van der Waals surface area contributed by atoms with Crippen molar-refractivity contribution < 1.29 is 14.3 Å². The number of halogens is 2. The molecule has 23 heavy (non-hydrogen) atoms. The van der Waals surface area contributed by atoms with Crippen LogP contribution < -0.4 is 5.32 Å². The topological polar surface area (TPSA) is 55.4 Å². The summed E-state index contributed by atoms with van der Waals surface area (Å²) in [5.41, 5.74) is 1.21. The molecule has 1 N–H and O–H groups in total. The van der Waals surface area contributed by atoms with Gasteiger partial charge in [0.1, 0.15) is 0 Å². The zero-order valence-electron chi connectivity index (χ0n) is 12.4. The monoisotopic (exact) mass is 351 g/mol. The second-order valence-electron chi connectivity index (χ2n) is 4.90. The molecule has 0 fully saturated rings. The van der Waals surface area contributed by atoms with E-state index in [1.807, 2.05) is 37.3 Å². The molecule has 2 rings (SSSR count). The van der Waals surface area contributed by atoms with Crippen LogP contribution in [0.2, 0.25) is 10.0 Å². The summed E-state index contributed by atoms with van der Waals surface area (Å²) >= 11 is 11.6. The minimum Gasteiger partial charge on any atom is -0.452 e. The molecule has 4 nitrogen and oxygen atoms in total. The van der Waals surface area contributed by atoms with E-state index in [1.165, 1.54) is 18.2 Å². The zero-order chi connectivity index (χ0) is 16.8. The van der Waals surface area contributed by atoms with Crippen LogP contribution in [0.1, 0.15) is 28.9 Å². The van der Waals surface area contributed by atoms with Crippen molar-refractivity contribution in [1.29, 1.82) is 0 Å². The molecule has 0 aliphatic carbocycles. The van der Waals surface area contributed by atoms with Crippen LogP contribution in [0.4, 0.5) is 0 Å². The van der Waals surface area contributed by atoms with Crippen LogP contribution in [0.25, 0.3) is 0 Å². The highest BCUT2D eigenvalue weighted by molar-refractivity contribution is 6.42. The van der Waals surface area contributed by atoms with Crippen LogP contribution >= 0.6 is 23.2 Å². The van der Waals surface area contributed by atoms with Crippen molar-refractivity contribution >= 4 is 35.1 Å². The second-order valence-corrected chi connectivity index (χ2v) is 5.72. The van der Waals surface area contributed by atoms with Gasteiger partial charge in [-0.25, -0.2) is 4.79 Å². The summed E-state index contributed by atoms with van der Waals surface area (Å²) in [6, 6.07) is 13.7. The van der Waals surface area contributed by atoms with Gasteiger partial charge in [-0.3, -0.25) is 4.79 Å². The third-order valence-electron chi connectivity index (χ3n) is 3.17. The summed E-state index contributed by atoms with van der Waals surface area (Å²) in [5.74, 6) is -1.01. The molecule has 120 valence electrons. The number of hydrogen-bond donors (Lipinski definition) is 1. The van der Waals surface area contributed by atoms with Crippen molar-refractivity contribution in [3.63, 3.8) is 0 Å². The van der Waals surface area contributed by atoms with E-state index < -0.39 is 5.97 Å². The average Bonchev–Trinajstić information content (AvgIpc) is 2.56. The third kappa shape index (κ3) is 4.98. The minimum absolute atomic E-state index is 0.174. The molecule has 0 radical (unpaired) electrons. The predicted molar refractivity (Wildman–Crippen MR) is 89.7 cm³/mol. The van der Waals surface area contributed by atoms with Crippen LogP contribution in [0.5, 0.6) is 0 Å². The first-order valence-electron chi connectivity index (χ1n) is 6.94. The third-order valence-corrected chi connectivity index (χ3v) is 3.91. The van der Waals surface area contributed by atoms with Crippen LogP contribution in [0.15, 0.2) is 48.5 Å². The Kier molecular flexibility index (Phi) is 6.02. The molecule has 2 aromatic carbocycles. The maximum absolute atomic E-state index is 11.9. The van der Waals surface area contributed by atoms with Gasteiger partial charge in [-0.2, -0.15) is 0 Å². The maximum Gasteiger partial charge on any atom is 0.338 e. The SMILES string of the molecule is C[C@@H](NC(=O)COC(=O)c1ccc(Cl)c(Cl)c1)c1ccccc1. The largest absolute Gasteiger partial charge is 0.452 e. The highest BCUT2D eigenvalue weighted by Crippen LogP contribution is 2.22. The number of carbonyl (C=O) groups excluding carboxylic acids is 2. The number of nitrogens with one attached hydrogen (secondary N) is 1. The quantitative estimate of drug-likeness (QED) is 0.827. The molecule has 0 aromatic heterocycles. The van der Waals surface area contributed by atoms with E-state index in [2.05, 4.69) is 5.32 Å². The van der Waals surface area contributed by atoms with Gasteiger partial charge in [-0.1, -0.05) is 53.5 Å². The number of ether oxygens (including phenoxy) is 1. The lowest BCUT2D eigenvalue weighted by atomic mass is 10.1. The molecule has 0 bridgehead atoms. The number of hydrogen-bond acceptors (Lipinski definition) is 3. The number of amides is 1. The minimum atomic E-state index is -0.633. The van der Waals surface area contributed by atoms with Crippen molar-refractivity contribution in [3.05, 3.63) is 69.7 Å². The number of rotatable bonds is 5. The molecule has 6 heteroatoms. The van der Waals surface area contributed by atoms with Gasteiger partial charge in [0, 0.05) is 0 Å². The fourth-order valence-corrected chi connectivity index (χ4v) is 2.24. The van der Waals surface area contributed by atoms with Crippen LogP contribution in [-0.2, 0) is 9.53 Å². The molecule has 0 heterocycles. The smallest absolute Gasteiger partial charge is 0.338 e. The second kappa shape index (κ2) is 7.99. The zero-order valence-corrected chi connectivity index (χ0v) is 13.9. The van der Waals surface area contributed by atoms with E-state index in [0.717, 1.165) is 5.56 Å².